The van der Waals surface area contributed by atoms with E-state index in [1.165, 1.54) is 25.3 Å². The first-order chi connectivity index (χ1) is 19.1. The minimum atomic E-state index is -4.08. The number of likely N-dealkylation sites (tertiary alicyclic amines) is 1. The van der Waals surface area contributed by atoms with Gasteiger partial charge in [0.25, 0.3) is 0 Å². The summed E-state index contributed by atoms with van der Waals surface area (Å²) in [4.78, 5) is 40.3. The van der Waals surface area contributed by atoms with E-state index in [4.69, 9.17) is 27.9 Å². The van der Waals surface area contributed by atoms with Crippen molar-refractivity contribution >= 4 is 51.0 Å². The Morgan fingerprint density at radius 1 is 1.02 bits per heavy atom. The smallest absolute Gasteiger partial charge is 0.328 e. The van der Waals surface area contributed by atoms with Gasteiger partial charge in [-0.05, 0) is 68.4 Å². The molecule has 0 radical (unpaired) electrons. The number of amides is 2. The fourth-order valence-electron chi connectivity index (χ4n) is 5.34. The largest absolute Gasteiger partial charge is 0.467 e. The average Bonchev–Trinajstić information content (AvgIpc) is 3.63. The van der Waals surface area contributed by atoms with Crippen LogP contribution in [0.4, 0.5) is 0 Å². The zero-order valence-corrected chi connectivity index (χ0v) is 24.6. The highest BCUT2D eigenvalue weighted by Gasteiger charge is 2.41. The van der Waals surface area contributed by atoms with Crippen molar-refractivity contribution in [2.45, 2.75) is 62.0 Å². The molecular weight excluding hydrogens is 579 g/mol. The zero-order chi connectivity index (χ0) is 28.9. The van der Waals surface area contributed by atoms with Gasteiger partial charge >= 0.3 is 5.97 Å². The van der Waals surface area contributed by atoms with Gasteiger partial charge in [-0.2, -0.15) is 4.31 Å². The number of ether oxygens (including phenoxy) is 1. The van der Waals surface area contributed by atoms with Crippen LogP contribution >= 0.6 is 23.2 Å². The second-order valence-electron chi connectivity index (χ2n) is 10.2. The van der Waals surface area contributed by atoms with E-state index in [0.29, 0.717) is 25.4 Å². The number of piperidine rings is 1. The molecule has 4 rings (SSSR count). The van der Waals surface area contributed by atoms with Crippen molar-refractivity contribution in [2.75, 3.05) is 26.7 Å². The Morgan fingerprint density at radius 2 is 1.68 bits per heavy atom. The molecule has 0 aliphatic carbocycles. The summed E-state index contributed by atoms with van der Waals surface area (Å²) in [5.74, 6) is -0.916. The van der Waals surface area contributed by atoms with Crippen LogP contribution in [0.25, 0.3) is 0 Å². The normalized spacial score (nSPS) is 19.4. The first-order valence-electron chi connectivity index (χ1n) is 13.3. The van der Waals surface area contributed by atoms with E-state index in [9.17, 15) is 22.8 Å². The summed E-state index contributed by atoms with van der Waals surface area (Å²) in [5.41, 5.74) is 0. The molecule has 2 fully saturated rings. The second kappa shape index (κ2) is 13.4. The lowest BCUT2D eigenvalue weighted by Crippen LogP contribution is -2.51. The molecule has 40 heavy (non-hydrogen) atoms. The van der Waals surface area contributed by atoms with Crippen molar-refractivity contribution in [3.05, 3.63) is 52.8 Å². The molecule has 10 nitrogen and oxygen atoms in total. The van der Waals surface area contributed by atoms with E-state index in [1.54, 1.807) is 4.90 Å². The van der Waals surface area contributed by atoms with Gasteiger partial charge in [0.15, 0.2) is 0 Å². The van der Waals surface area contributed by atoms with Gasteiger partial charge in [-0.15, -0.1) is 0 Å². The van der Waals surface area contributed by atoms with Gasteiger partial charge in [-0.25, -0.2) is 13.2 Å². The summed E-state index contributed by atoms with van der Waals surface area (Å²) < 4.78 is 34.7. The molecule has 0 saturated carbocycles. The molecule has 13 heteroatoms. The SMILES string of the molecule is COC(=O)[C@H](CCC(=O)N1CCC(Cn2cccc2)CC1)NC(=O)[C@@H]1CCCN1S(=O)(=O)c1cc(Cl)cc(Cl)c1. The van der Waals surface area contributed by atoms with Crippen LogP contribution in [0.2, 0.25) is 10.0 Å². The molecule has 2 atom stereocenters. The lowest BCUT2D eigenvalue weighted by Gasteiger charge is -2.32. The molecule has 1 aromatic heterocycles. The summed E-state index contributed by atoms with van der Waals surface area (Å²) in [6, 6.07) is 5.86. The number of benzene rings is 1. The highest BCUT2D eigenvalue weighted by molar-refractivity contribution is 7.89. The van der Waals surface area contributed by atoms with Gasteiger partial charge in [-0.3, -0.25) is 9.59 Å². The molecule has 2 saturated heterocycles. The first-order valence-corrected chi connectivity index (χ1v) is 15.5. The molecule has 3 heterocycles. The van der Waals surface area contributed by atoms with Crippen LogP contribution in [-0.4, -0.2) is 78.8 Å². The van der Waals surface area contributed by atoms with E-state index in [1.807, 2.05) is 24.5 Å². The van der Waals surface area contributed by atoms with Gasteiger partial charge in [0.05, 0.1) is 12.0 Å². The number of methoxy groups -OCH3 is 1. The molecule has 2 aromatic rings. The van der Waals surface area contributed by atoms with Gasteiger partial charge < -0.3 is 19.5 Å². The zero-order valence-electron chi connectivity index (χ0n) is 22.3. The predicted molar refractivity (Wildman–Crippen MR) is 150 cm³/mol. The maximum absolute atomic E-state index is 13.3. The Bertz CT molecular complexity index is 1290. The average molecular weight is 614 g/mol. The van der Waals surface area contributed by atoms with Gasteiger partial charge in [0.2, 0.25) is 21.8 Å². The molecule has 1 aromatic carbocycles. The van der Waals surface area contributed by atoms with Crippen molar-refractivity contribution in [3.8, 4) is 0 Å². The highest BCUT2D eigenvalue weighted by Crippen LogP contribution is 2.30. The molecule has 218 valence electrons. The summed E-state index contributed by atoms with van der Waals surface area (Å²) in [6.07, 6.45) is 6.70. The number of sulfonamides is 1. The number of hydrogen-bond donors (Lipinski definition) is 1. The minimum absolute atomic E-state index is 0.0455. The molecule has 0 bridgehead atoms. The fourth-order valence-corrected chi connectivity index (χ4v) is 7.73. The van der Waals surface area contributed by atoms with Crippen LogP contribution < -0.4 is 5.32 Å². The van der Waals surface area contributed by atoms with Crippen LogP contribution in [-0.2, 0) is 35.7 Å². The summed E-state index contributed by atoms with van der Waals surface area (Å²) in [7, 11) is -2.87. The topological polar surface area (TPSA) is 118 Å². The highest BCUT2D eigenvalue weighted by atomic mass is 35.5. The number of aromatic nitrogens is 1. The third kappa shape index (κ3) is 7.37. The van der Waals surface area contributed by atoms with Gasteiger partial charge in [-0.1, -0.05) is 23.2 Å². The van der Waals surface area contributed by atoms with Crippen LogP contribution in [0.15, 0.2) is 47.6 Å². The molecule has 2 aliphatic heterocycles. The van der Waals surface area contributed by atoms with E-state index in [-0.39, 0.29) is 46.7 Å². The number of hydrogen-bond acceptors (Lipinski definition) is 6. The van der Waals surface area contributed by atoms with Crippen LogP contribution in [0.5, 0.6) is 0 Å². The number of rotatable bonds is 10. The Hall–Kier alpha value is -2.60. The third-order valence-corrected chi connectivity index (χ3v) is 9.82. The second-order valence-corrected chi connectivity index (χ2v) is 13.0. The van der Waals surface area contributed by atoms with Crippen molar-refractivity contribution in [1.82, 2.24) is 19.1 Å². The Balaban J connectivity index is 1.34. The summed E-state index contributed by atoms with van der Waals surface area (Å²) in [5, 5.41) is 2.95. The van der Waals surface area contributed by atoms with E-state index < -0.39 is 34.0 Å². The van der Waals surface area contributed by atoms with Crippen LogP contribution in [0.3, 0.4) is 0 Å². The molecule has 2 amide bonds. The van der Waals surface area contributed by atoms with Crippen molar-refractivity contribution in [2.24, 2.45) is 5.92 Å². The number of carbonyl (C=O) groups is 3. The Morgan fingerprint density at radius 3 is 2.30 bits per heavy atom. The number of nitrogens with zero attached hydrogens (tertiary/aromatic N) is 3. The van der Waals surface area contributed by atoms with Crippen molar-refractivity contribution in [1.29, 1.82) is 0 Å². The standard InChI is InChI=1S/C27H34Cl2N4O6S/c1-39-27(36)23(6-7-25(34)32-13-8-19(9-14-32)18-31-10-2-3-11-31)30-26(35)24-5-4-12-33(24)40(37,38)22-16-20(28)15-21(29)17-22/h2-3,10-11,15-17,19,23-24H,4-9,12-14,18H2,1H3,(H,30,35)/t23-,24-/m0/s1. The maximum Gasteiger partial charge on any atom is 0.328 e. The van der Waals surface area contributed by atoms with Crippen molar-refractivity contribution in [3.63, 3.8) is 0 Å². The fraction of sp³-hybridized carbons (Fsp3) is 0.519. The monoisotopic (exact) mass is 612 g/mol. The van der Waals surface area contributed by atoms with E-state index >= 15 is 0 Å². The van der Waals surface area contributed by atoms with E-state index in [0.717, 1.165) is 23.7 Å². The lowest BCUT2D eigenvalue weighted by atomic mass is 9.96. The summed E-state index contributed by atoms with van der Waals surface area (Å²) in [6.45, 7) is 2.33. The quantitative estimate of drug-likeness (QED) is 0.411. The van der Waals surface area contributed by atoms with Gasteiger partial charge in [0.1, 0.15) is 12.1 Å². The van der Waals surface area contributed by atoms with Gasteiger partial charge in [0, 0.05) is 55.0 Å². The molecule has 0 spiro atoms. The number of carbonyl (C=O) groups excluding carboxylic acids is 3. The lowest BCUT2D eigenvalue weighted by molar-refractivity contribution is -0.146. The number of esters is 1. The molecule has 1 N–H and O–H groups in total. The van der Waals surface area contributed by atoms with Crippen molar-refractivity contribution < 1.29 is 27.5 Å². The predicted octanol–water partition coefficient (Wildman–Crippen LogP) is 3.32. The van der Waals surface area contributed by atoms with Crippen LogP contribution in [0.1, 0.15) is 38.5 Å². The Kier molecular flexibility index (Phi) is 10.2. The minimum Gasteiger partial charge on any atom is -0.467 e. The molecule has 2 aliphatic rings. The number of nitrogens with one attached hydrogen (secondary N) is 1. The first kappa shape index (κ1) is 30.4. The van der Waals surface area contributed by atoms with E-state index in [2.05, 4.69) is 9.88 Å². The van der Waals surface area contributed by atoms with Crippen LogP contribution in [0, 0.1) is 5.92 Å². The number of halogens is 2. The maximum atomic E-state index is 13.3. The molecule has 0 unspecified atom stereocenters. The third-order valence-electron chi connectivity index (χ3n) is 7.50. The molecular formula is C27H34Cl2N4O6S. The Labute approximate surface area is 244 Å². The summed E-state index contributed by atoms with van der Waals surface area (Å²) >= 11 is 12.0.